The third-order valence-electron chi connectivity index (χ3n) is 3.81. The molecule has 0 aromatic heterocycles. The fourth-order valence-corrected chi connectivity index (χ4v) is 2.41. The van der Waals surface area contributed by atoms with Crippen LogP contribution in [0.2, 0.25) is 0 Å². The third kappa shape index (κ3) is 3.40. The molecule has 110 valence electrons. The number of carboxylic acid groups (broad SMARTS) is 1. The molecule has 2 rings (SSSR count). The number of anilines is 2. The van der Waals surface area contributed by atoms with E-state index in [9.17, 15) is 4.79 Å². The molecule has 1 heterocycles. The van der Waals surface area contributed by atoms with Crippen LogP contribution in [0, 0.1) is 0 Å². The molecule has 1 aliphatic rings. The van der Waals surface area contributed by atoms with E-state index in [1.54, 1.807) is 12.1 Å². The number of hydrogen-bond donors (Lipinski definition) is 3. The smallest absolute Gasteiger partial charge is 0.337 e. The van der Waals surface area contributed by atoms with Crippen LogP contribution in [0.15, 0.2) is 18.2 Å². The highest BCUT2D eigenvalue weighted by molar-refractivity contribution is 5.94. The molecule has 1 aromatic rings. The van der Waals surface area contributed by atoms with E-state index in [1.165, 1.54) is 0 Å². The SMILES string of the molecule is CN1CCN(C)C(CNc2ccc(N)c(C(=O)O)c2)C1. The van der Waals surface area contributed by atoms with Crippen molar-refractivity contribution in [2.45, 2.75) is 6.04 Å². The Bertz CT molecular complexity index is 492. The van der Waals surface area contributed by atoms with E-state index in [-0.39, 0.29) is 11.3 Å². The summed E-state index contributed by atoms with van der Waals surface area (Å²) in [6.45, 7) is 3.91. The summed E-state index contributed by atoms with van der Waals surface area (Å²) in [6, 6.07) is 5.45. The minimum absolute atomic E-state index is 0.143. The van der Waals surface area contributed by atoms with Crippen LogP contribution in [0.4, 0.5) is 11.4 Å². The molecular formula is C14H22N4O2. The Labute approximate surface area is 119 Å². The predicted molar refractivity (Wildman–Crippen MR) is 80.2 cm³/mol. The second-order valence-corrected chi connectivity index (χ2v) is 5.38. The van der Waals surface area contributed by atoms with Crippen LogP contribution in [0.25, 0.3) is 0 Å². The predicted octanol–water partition coefficient (Wildman–Crippen LogP) is 0.625. The fourth-order valence-electron chi connectivity index (χ4n) is 2.41. The molecule has 1 saturated heterocycles. The zero-order valence-electron chi connectivity index (χ0n) is 12.0. The monoisotopic (exact) mass is 278 g/mol. The van der Waals surface area contributed by atoms with Crippen LogP contribution < -0.4 is 11.1 Å². The van der Waals surface area contributed by atoms with E-state index in [1.807, 2.05) is 6.07 Å². The number of carboxylic acids is 1. The number of piperazine rings is 1. The van der Waals surface area contributed by atoms with Crippen molar-refractivity contribution in [1.29, 1.82) is 0 Å². The van der Waals surface area contributed by atoms with Crippen LogP contribution in [-0.2, 0) is 0 Å². The van der Waals surface area contributed by atoms with Crippen LogP contribution in [-0.4, -0.2) is 67.2 Å². The summed E-state index contributed by atoms with van der Waals surface area (Å²) in [4.78, 5) is 15.7. The lowest BCUT2D eigenvalue weighted by Crippen LogP contribution is -2.52. The normalized spacial score (nSPS) is 20.8. The molecule has 20 heavy (non-hydrogen) atoms. The molecule has 1 atom stereocenters. The van der Waals surface area contributed by atoms with Gasteiger partial charge in [-0.15, -0.1) is 0 Å². The molecule has 1 fully saturated rings. The van der Waals surface area contributed by atoms with Gasteiger partial charge in [-0.05, 0) is 32.3 Å². The van der Waals surface area contributed by atoms with Crippen molar-refractivity contribution in [2.24, 2.45) is 0 Å². The van der Waals surface area contributed by atoms with Gasteiger partial charge in [-0.25, -0.2) is 4.79 Å². The average molecular weight is 278 g/mol. The largest absolute Gasteiger partial charge is 0.478 e. The Hall–Kier alpha value is -1.79. The number of benzene rings is 1. The van der Waals surface area contributed by atoms with E-state index in [4.69, 9.17) is 10.8 Å². The molecule has 6 heteroatoms. The van der Waals surface area contributed by atoms with E-state index < -0.39 is 5.97 Å². The van der Waals surface area contributed by atoms with Gasteiger partial charge in [0.05, 0.1) is 5.56 Å². The number of hydrogen-bond acceptors (Lipinski definition) is 5. The highest BCUT2D eigenvalue weighted by Crippen LogP contribution is 2.18. The third-order valence-corrected chi connectivity index (χ3v) is 3.81. The molecule has 0 saturated carbocycles. The van der Waals surface area contributed by atoms with Crippen LogP contribution in [0.1, 0.15) is 10.4 Å². The van der Waals surface area contributed by atoms with E-state index in [0.717, 1.165) is 31.9 Å². The number of nitrogens with two attached hydrogens (primary N) is 1. The van der Waals surface area contributed by atoms with Crippen molar-refractivity contribution < 1.29 is 9.90 Å². The Morgan fingerprint density at radius 3 is 2.90 bits per heavy atom. The maximum atomic E-state index is 11.1. The first-order valence-electron chi connectivity index (χ1n) is 6.73. The van der Waals surface area contributed by atoms with E-state index in [2.05, 4.69) is 29.2 Å². The van der Waals surface area contributed by atoms with Crippen molar-refractivity contribution in [1.82, 2.24) is 9.80 Å². The topological polar surface area (TPSA) is 81.8 Å². The quantitative estimate of drug-likeness (QED) is 0.701. The first-order chi connectivity index (χ1) is 9.47. The number of nitrogen functional groups attached to an aromatic ring is 1. The van der Waals surface area contributed by atoms with E-state index >= 15 is 0 Å². The summed E-state index contributed by atoms with van der Waals surface area (Å²) in [5.74, 6) is -0.999. The van der Waals surface area contributed by atoms with E-state index in [0.29, 0.717) is 6.04 Å². The summed E-state index contributed by atoms with van der Waals surface area (Å²) in [6.07, 6.45) is 0. The summed E-state index contributed by atoms with van der Waals surface area (Å²) in [7, 11) is 4.23. The highest BCUT2D eigenvalue weighted by Gasteiger charge is 2.21. The summed E-state index contributed by atoms with van der Waals surface area (Å²) < 4.78 is 0. The van der Waals surface area contributed by atoms with Crippen LogP contribution >= 0.6 is 0 Å². The van der Waals surface area contributed by atoms with Gasteiger partial charge in [0.25, 0.3) is 0 Å². The van der Waals surface area contributed by atoms with Crippen LogP contribution in [0.3, 0.4) is 0 Å². The van der Waals surface area contributed by atoms with Gasteiger partial charge in [0, 0.05) is 43.6 Å². The Balaban J connectivity index is 2.00. The minimum Gasteiger partial charge on any atom is -0.478 e. The number of nitrogens with one attached hydrogen (secondary N) is 1. The van der Waals surface area contributed by atoms with Crippen molar-refractivity contribution in [2.75, 3.05) is 51.3 Å². The number of rotatable bonds is 4. The molecule has 1 aliphatic heterocycles. The molecular weight excluding hydrogens is 256 g/mol. The molecule has 1 unspecified atom stereocenters. The maximum absolute atomic E-state index is 11.1. The highest BCUT2D eigenvalue weighted by atomic mass is 16.4. The number of carbonyl (C=O) groups is 1. The number of aromatic carboxylic acids is 1. The zero-order valence-corrected chi connectivity index (χ0v) is 12.0. The maximum Gasteiger partial charge on any atom is 0.337 e. The van der Waals surface area contributed by atoms with Gasteiger partial charge in [0.15, 0.2) is 0 Å². The van der Waals surface area contributed by atoms with Crippen molar-refractivity contribution in [3.8, 4) is 0 Å². The molecule has 0 radical (unpaired) electrons. The average Bonchev–Trinajstić information content (AvgIpc) is 2.41. The summed E-state index contributed by atoms with van der Waals surface area (Å²) >= 11 is 0. The summed E-state index contributed by atoms with van der Waals surface area (Å²) in [5.41, 5.74) is 6.87. The van der Waals surface area contributed by atoms with Crippen molar-refractivity contribution >= 4 is 17.3 Å². The minimum atomic E-state index is -0.999. The van der Waals surface area contributed by atoms with Gasteiger partial charge in [-0.2, -0.15) is 0 Å². The summed E-state index contributed by atoms with van der Waals surface area (Å²) in [5, 5.41) is 12.4. The molecule has 0 spiro atoms. The Morgan fingerprint density at radius 1 is 1.45 bits per heavy atom. The standard InChI is InChI=1S/C14H22N4O2/c1-17-5-6-18(2)11(9-17)8-16-10-3-4-13(15)12(7-10)14(19)20/h3-4,7,11,16H,5-6,8-9,15H2,1-2H3,(H,19,20). The van der Waals surface area contributed by atoms with Gasteiger partial charge >= 0.3 is 5.97 Å². The second-order valence-electron chi connectivity index (χ2n) is 5.38. The number of likely N-dealkylation sites (N-methyl/N-ethyl adjacent to an activating group) is 2. The molecule has 0 bridgehead atoms. The lowest BCUT2D eigenvalue weighted by molar-refractivity contribution is 0.0698. The fraction of sp³-hybridized carbons (Fsp3) is 0.500. The van der Waals surface area contributed by atoms with Crippen molar-refractivity contribution in [3.63, 3.8) is 0 Å². The van der Waals surface area contributed by atoms with Gasteiger partial charge in [-0.1, -0.05) is 0 Å². The Morgan fingerprint density at radius 2 is 2.20 bits per heavy atom. The Kier molecular flexibility index (Phi) is 4.46. The van der Waals surface area contributed by atoms with Gasteiger partial charge in [0.2, 0.25) is 0 Å². The first kappa shape index (κ1) is 14.6. The first-order valence-corrected chi connectivity index (χ1v) is 6.73. The van der Waals surface area contributed by atoms with Gasteiger partial charge < -0.3 is 21.1 Å². The molecule has 4 N–H and O–H groups in total. The lowest BCUT2D eigenvalue weighted by atomic mass is 10.1. The molecule has 1 aromatic carbocycles. The van der Waals surface area contributed by atoms with Gasteiger partial charge in [-0.3, -0.25) is 4.90 Å². The van der Waals surface area contributed by atoms with Gasteiger partial charge in [0.1, 0.15) is 0 Å². The molecule has 0 amide bonds. The molecule has 6 nitrogen and oxygen atoms in total. The van der Waals surface area contributed by atoms with Crippen LogP contribution in [0.5, 0.6) is 0 Å². The number of nitrogens with zero attached hydrogens (tertiary/aromatic N) is 2. The molecule has 0 aliphatic carbocycles. The van der Waals surface area contributed by atoms with Crippen molar-refractivity contribution in [3.05, 3.63) is 23.8 Å². The zero-order chi connectivity index (χ0) is 14.7. The lowest BCUT2D eigenvalue weighted by Gasteiger charge is -2.37. The second kappa shape index (κ2) is 6.11.